The van der Waals surface area contributed by atoms with E-state index < -0.39 is 0 Å². The first-order valence-corrected chi connectivity index (χ1v) is 5.79. The Morgan fingerprint density at radius 3 is 2.72 bits per heavy atom. The fourth-order valence-corrected chi connectivity index (χ4v) is 1.34. The second-order valence-electron chi connectivity index (χ2n) is 3.72. The van der Waals surface area contributed by atoms with Crippen LogP contribution in [0.15, 0.2) is 24.3 Å². The van der Waals surface area contributed by atoms with E-state index in [0.717, 1.165) is 11.1 Å². The summed E-state index contributed by atoms with van der Waals surface area (Å²) in [5.74, 6) is 5.73. The van der Waals surface area contributed by atoms with Gasteiger partial charge in [-0.25, -0.2) is 0 Å². The first-order valence-electron chi connectivity index (χ1n) is 5.79. The van der Waals surface area contributed by atoms with Crippen LogP contribution < -0.4 is 11.1 Å². The maximum atomic E-state index is 11.4. The van der Waals surface area contributed by atoms with Crippen LogP contribution in [-0.4, -0.2) is 26.2 Å². The summed E-state index contributed by atoms with van der Waals surface area (Å²) < 4.78 is 4.83. The topological polar surface area (TPSA) is 64.3 Å². The molecular weight excluding hydrogens is 228 g/mol. The van der Waals surface area contributed by atoms with Crippen molar-refractivity contribution in [1.82, 2.24) is 5.32 Å². The van der Waals surface area contributed by atoms with E-state index >= 15 is 0 Å². The van der Waals surface area contributed by atoms with Crippen LogP contribution in [0.2, 0.25) is 0 Å². The second kappa shape index (κ2) is 8.29. The number of carbonyl (C=O) groups is 1. The van der Waals surface area contributed by atoms with Crippen LogP contribution in [0.25, 0.3) is 0 Å². The van der Waals surface area contributed by atoms with Crippen LogP contribution in [0.1, 0.15) is 17.5 Å². The standard InChI is InChI=1S/C14H18N2O2/c1-18-10-8-14(17)16-11-13-6-4-12(5-7-13)3-2-9-15/h4-7H,8-11,15H2,1H3,(H,16,17). The van der Waals surface area contributed by atoms with Crippen LogP contribution in [0.3, 0.4) is 0 Å². The zero-order valence-electron chi connectivity index (χ0n) is 10.5. The molecule has 1 aromatic rings. The average Bonchev–Trinajstić information content (AvgIpc) is 2.41. The summed E-state index contributed by atoms with van der Waals surface area (Å²) in [6.07, 6.45) is 0.385. The molecule has 0 fully saturated rings. The number of methoxy groups -OCH3 is 1. The van der Waals surface area contributed by atoms with Crippen molar-refractivity contribution in [2.24, 2.45) is 5.73 Å². The van der Waals surface area contributed by atoms with Crippen LogP contribution in [0.5, 0.6) is 0 Å². The minimum absolute atomic E-state index is 0.0103. The van der Waals surface area contributed by atoms with Gasteiger partial charge in [-0.15, -0.1) is 0 Å². The molecule has 4 nitrogen and oxygen atoms in total. The number of nitrogens with two attached hydrogens (primary N) is 1. The van der Waals surface area contributed by atoms with Crippen LogP contribution in [0.4, 0.5) is 0 Å². The van der Waals surface area contributed by atoms with Gasteiger partial charge >= 0.3 is 0 Å². The lowest BCUT2D eigenvalue weighted by Gasteiger charge is -2.05. The van der Waals surface area contributed by atoms with Gasteiger partial charge in [0.25, 0.3) is 0 Å². The number of rotatable bonds is 5. The Morgan fingerprint density at radius 2 is 2.11 bits per heavy atom. The van der Waals surface area contributed by atoms with Gasteiger partial charge in [-0.05, 0) is 17.7 Å². The lowest BCUT2D eigenvalue weighted by molar-refractivity contribution is -0.122. The van der Waals surface area contributed by atoms with Crippen molar-refractivity contribution in [3.63, 3.8) is 0 Å². The molecule has 0 aliphatic carbocycles. The number of hydrogen-bond acceptors (Lipinski definition) is 3. The molecule has 3 N–H and O–H groups in total. The summed E-state index contributed by atoms with van der Waals surface area (Å²) >= 11 is 0. The molecule has 0 aromatic heterocycles. The van der Waals surface area contributed by atoms with Crippen LogP contribution in [-0.2, 0) is 16.1 Å². The van der Waals surface area contributed by atoms with Crippen molar-refractivity contribution in [3.8, 4) is 11.8 Å². The Bertz CT molecular complexity index is 429. The summed E-state index contributed by atoms with van der Waals surface area (Å²) in [7, 11) is 1.58. The van der Waals surface area contributed by atoms with E-state index in [9.17, 15) is 4.79 Å². The lowest BCUT2D eigenvalue weighted by Crippen LogP contribution is -2.23. The number of amides is 1. The molecule has 0 radical (unpaired) electrons. The molecule has 0 atom stereocenters. The monoisotopic (exact) mass is 246 g/mol. The Labute approximate surface area is 108 Å². The molecule has 0 heterocycles. The Kier molecular flexibility index (Phi) is 6.55. The smallest absolute Gasteiger partial charge is 0.222 e. The van der Waals surface area contributed by atoms with E-state index in [-0.39, 0.29) is 5.91 Å². The highest BCUT2D eigenvalue weighted by atomic mass is 16.5. The van der Waals surface area contributed by atoms with E-state index in [1.165, 1.54) is 0 Å². The molecular formula is C14H18N2O2. The zero-order chi connectivity index (χ0) is 13.2. The van der Waals surface area contributed by atoms with Gasteiger partial charge in [-0.3, -0.25) is 4.79 Å². The first kappa shape index (κ1) is 14.2. The highest BCUT2D eigenvalue weighted by Gasteiger charge is 2.00. The molecule has 0 saturated carbocycles. The number of ether oxygens (including phenoxy) is 1. The normalized spacial score (nSPS) is 9.44. The third-order valence-electron chi connectivity index (χ3n) is 2.31. The van der Waals surface area contributed by atoms with E-state index in [0.29, 0.717) is 26.1 Å². The number of nitrogens with one attached hydrogen (secondary N) is 1. The Balaban J connectivity index is 2.41. The van der Waals surface area contributed by atoms with Gasteiger partial charge < -0.3 is 15.8 Å². The molecule has 96 valence electrons. The summed E-state index contributed by atoms with van der Waals surface area (Å²) in [5.41, 5.74) is 7.26. The summed E-state index contributed by atoms with van der Waals surface area (Å²) in [5, 5.41) is 2.82. The van der Waals surface area contributed by atoms with Gasteiger partial charge in [-0.2, -0.15) is 0 Å². The van der Waals surface area contributed by atoms with Crippen molar-refractivity contribution in [2.45, 2.75) is 13.0 Å². The fraction of sp³-hybridized carbons (Fsp3) is 0.357. The van der Waals surface area contributed by atoms with Gasteiger partial charge in [0.2, 0.25) is 5.91 Å². The third-order valence-corrected chi connectivity index (χ3v) is 2.31. The van der Waals surface area contributed by atoms with Crippen molar-refractivity contribution < 1.29 is 9.53 Å². The van der Waals surface area contributed by atoms with Crippen molar-refractivity contribution >= 4 is 5.91 Å². The van der Waals surface area contributed by atoms with Crippen molar-refractivity contribution in [1.29, 1.82) is 0 Å². The predicted molar refractivity (Wildman–Crippen MR) is 70.7 cm³/mol. The van der Waals surface area contributed by atoms with Gasteiger partial charge in [0, 0.05) is 25.6 Å². The molecule has 4 heteroatoms. The van der Waals surface area contributed by atoms with Gasteiger partial charge in [-0.1, -0.05) is 24.0 Å². The quantitative estimate of drug-likeness (QED) is 0.750. The molecule has 0 bridgehead atoms. The Morgan fingerprint density at radius 1 is 1.39 bits per heavy atom. The van der Waals surface area contributed by atoms with Crippen molar-refractivity contribution in [3.05, 3.63) is 35.4 Å². The van der Waals surface area contributed by atoms with Gasteiger partial charge in [0.1, 0.15) is 0 Å². The molecule has 0 unspecified atom stereocenters. The maximum Gasteiger partial charge on any atom is 0.222 e. The molecule has 0 saturated heterocycles. The predicted octanol–water partition coefficient (Wildman–Crippen LogP) is 0.649. The fourth-order valence-electron chi connectivity index (χ4n) is 1.34. The number of carbonyl (C=O) groups excluding carboxylic acids is 1. The third kappa shape index (κ3) is 5.48. The minimum atomic E-state index is -0.0103. The largest absolute Gasteiger partial charge is 0.384 e. The van der Waals surface area contributed by atoms with Crippen LogP contribution in [0, 0.1) is 11.8 Å². The zero-order valence-corrected chi connectivity index (χ0v) is 10.5. The van der Waals surface area contributed by atoms with E-state index in [2.05, 4.69) is 17.2 Å². The summed E-state index contributed by atoms with van der Waals surface area (Å²) in [4.78, 5) is 11.4. The van der Waals surface area contributed by atoms with E-state index in [4.69, 9.17) is 10.5 Å². The molecule has 0 spiro atoms. The number of hydrogen-bond donors (Lipinski definition) is 2. The van der Waals surface area contributed by atoms with Gasteiger partial charge in [0.15, 0.2) is 0 Å². The molecule has 0 aliphatic rings. The summed E-state index contributed by atoms with van der Waals surface area (Å²) in [6, 6.07) is 7.72. The highest BCUT2D eigenvalue weighted by Crippen LogP contribution is 2.03. The number of benzene rings is 1. The Hall–Kier alpha value is -1.83. The molecule has 18 heavy (non-hydrogen) atoms. The van der Waals surface area contributed by atoms with Crippen molar-refractivity contribution in [2.75, 3.05) is 20.3 Å². The maximum absolute atomic E-state index is 11.4. The SMILES string of the molecule is COCCC(=O)NCc1ccc(C#CCN)cc1. The lowest BCUT2D eigenvalue weighted by atomic mass is 10.1. The molecule has 0 aliphatic heterocycles. The highest BCUT2D eigenvalue weighted by molar-refractivity contribution is 5.75. The minimum Gasteiger partial charge on any atom is -0.384 e. The average molecular weight is 246 g/mol. The van der Waals surface area contributed by atoms with Gasteiger partial charge in [0.05, 0.1) is 13.2 Å². The first-order chi connectivity index (χ1) is 8.76. The second-order valence-corrected chi connectivity index (χ2v) is 3.72. The molecule has 1 amide bonds. The van der Waals surface area contributed by atoms with Crippen LogP contribution >= 0.6 is 0 Å². The van der Waals surface area contributed by atoms with E-state index in [1.807, 2.05) is 24.3 Å². The molecule has 1 aromatic carbocycles. The molecule has 1 rings (SSSR count). The van der Waals surface area contributed by atoms with E-state index in [1.54, 1.807) is 7.11 Å². The summed E-state index contributed by atoms with van der Waals surface area (Å²) in [6.45, 7) is 1.32.